The van der Waals surface area contributed by atoms with Crippen molar-refractivity contribution in [3.63, 3.8) is 0 Å². The molecule has 2 nitrogen and oxygen atoms in total. The van der Waals surface area contributed by atoms with E-state index in [1.165, 1.54) is 16.7 Å². The topological polar surface area (TPSA) is 21.3 Å². The van der Waals surface area contributed by atoms with Gasteiger partial charge in [0, 0.05) is 17.5 Å². The number of methoxy groups -OCH3 is 1. The normalized spacial score (nSPS) is 18.3. The summed E-state index contributed by atoms with van der Waals surface area (Å²) in [6, 6.07) is 17.3. The summed E-state index contributed by atoms with van der Waals surface area (Å²) in [5.41, 5.74) is 4.18. The highest BCUT2D eigenvalue weighted by atomic mass is 16.5. The smallest absolute Gasteiger partial charge is 0.123 e. The third-order valence-electron chi connectivity index (χ3n) is 4.08. The molecule has 3 rings (SSSR count). The van der Waals surface area contributed by atoms with Crippen LogP contribution in [0.15, 0.2) is 48.5 Å². The Balaban J connectivity index is 1.95. The van der Waals surface area contributed by atoms with E-state index >= 15 is 0 Å². The van der Waals surface area contributed by atoms with Gasteiger partial charge in [-0.15, -0.1) is 0 Å². The highest BCUT2D eigenvalue weighted by molar-refractivity contribution is 5.46. The average Bonchev–Trinajstić information content (AvgIpc) is 2.45. The van der Waals surface area contributed by atoms with Crippen molar-refractivity contribution in [2.75, 3.05) is 14.2 Å². The summed E-state index contributed by atoms with van der Waals surface area (Å²) in [5, 5.41) is 3.46. The summed E-state index contributed by atoms with van der Waals surface area (Å²) in [7, 11) is 3.76. The van der Waals surface area contributed by atoms with Crippen molar-refractivity contribution in [2.24, 2.45) is 0 Å². The molecule has 1 N–H and O–H groups in total. The van der Waals surface area contributed by atoms with Gasteiger partial charge in [0.05, 0.1) is 7.11 Å². The number of rotatable bonds is 4. The maximum atomic E-state index is 5.49. The number of hydrogen-bond donors (Lipinski definition) is 1. The van der Waals surface area contributed by atoms with Crippen LogP contribution in [0.25, 0.3) is 0 Å². The minimum Gasteiger partial charge on any atom is -0.496 e. The number of benzene rings is 2. The molecule has 0 aliphatic heterocycles. The molecular weight excluding hydrogens is 234 g/mol. The molecular formula is C17H19NO. The van der Waals surface area contributed by atoms with Crippen LogP contribution < -0.4 is 10.1 Å². The fraction of sp³-hybridized carbons (Fsp3) is 0.294. The summed E-state index contributed by atoms with van der Waals surface area (Å²) in [6.07, 6.45) is 1.14. The van der Waals surface area contributed by atoms with E-state index < -0.39 is 0 Å². The maximum absolute atomic E-state index is 5.49. The highest BCUT2D eigenvalue weighted by Gasteiger charge is 2.33. The minimum absolute atomic E-state index is 0.311. The Kier molecular flexibility index (Phi) is 3.26. The summed E-state index contributed by atoms with van der Waals surface area (Å²) < 4.78 is 5.49. The molecule has 0 aromatic heterocycles. The van der Waals surface area contributed by atoms with Crippen LogP contribution in [-0.4, -0.2) is 14.2 Å². The lowest BCUT2D eigenvalue weighted by Gasteiger charge is -2.37. The molecule has 1 aliphatic carbocycles. The molecule has 0 bridgehead atoms. The van der Waals surface area contributed by atoms with Crippen molar-refractivity contribution >= 4 is 0 Å². The van der Waals surface area contributed by atoms with Crippen LogP contribution in [0, 0.1) is 0 Å². The molecule has 2 aromatic carbocycles. The van der Waals surface area contributed by atoms with Gasteiger partial charge >= 0.3 is 0 Å². The van der Waals surface area contributed by atoms with Crippen LogP contribution in [0.2, 0.25) is 0 Å². The van der Waals surface area contributed by atoms with Gasteiger partial charge in [-0.3, -0.25) is 0 Å². The zero-order valence-electron chi connectivity index (χ0n) is 11.4. The summed E-state index contributed by atoms with van der Waals surface area (Å²) >= 11 is 0. The van der Waals surface area contributed by atoms with E-state index in [0.717, 1.165) is 12.2 Å². The molecule has 1 aliphatic rings. The monoisotopic (exact) mass is 253 g/mol. The molecule has 19 heavy (non-hydrogen) atoms. The third-order valence-corrected chi connectivity index (χ3v) is 4.08. The fourth-order valence-corrected chi connectivity index (χ4v) is 3.09. The first-order valence-corrected chi connectivity index (χ1v) is 6.73. The van der Waals surface area contributed by atoms with Gasteiger partial charge < -0.3 is 10.1 Å². The van der Waals surface area contributed by atoms with Crippen LogP contribution in [0.4, 0.5) is 0 Å². The maximum Gasteiger partial charge on any atom is 0.123 e. The Morgan fingerprint density at radius 1 is 1.11 bits per heavy atom. The quantitative estimate of drug-likeness (QED) is 0.902. The van der Waals surface area contributed by atoms with E-state index in [2.05, 4.69) is 41.7 Å². The molecule has 0 spiro atoms. The van der Waals surface area contributed by atoms with Crippen molar-refractivity contribution in [1.29, 1.82) is 0 Å². The molecule has 0 heterocycles. The number of nitrogens with one attached hydrogen (secondary N) is 1. The number of para-hydroxylation sites is 1. The molecule has 2 atom stereocenters. The van der Waals surface area contributed by atoms with E-state index in [1.807, 2.05) is 19.2 Å². The van der Waals surface area contributed by atoms with Crippen LogP contribution in [0.3, 0.4) is 0 Å². The molecule has 0 amide bonds. The lowest BCUT2D eigenvalue weighted by Crippen LogP contribution is -2.31. The first-order valence-electron chi connectivity index (χ1n) is 6.73. The van der Waals surface area contributed by atoms with Crippen molar-refractivity contribution in [3.8, 4) is 5.75 Å². The highest BCUT2D eigenvalue weighted by Crippen LogP contribution is 2.45. The van der Waals surface area contributed by atoms with Crippen LogP contribution in [0.5, 0.6) is 5.75 Å². The van der Waals surface area contributed by atoms with E-state index in [4.69, 9.17) is 4.74 Å². The first kappa shape index (κ1) is 12.2. The van der Waals surface area contributed by atoms with Gasteiger partial charge in [0.15, 0.2) is 0 Å². The van der Waals surface area contributed by atoms with Gasteiger partial charge in [-0.1, -0.05) is 42.5 Å². The zero-order valence-corrected chi connectivity index (χ0v) is 11.4. The van der Waals surface area contributed by atoms with Gasteiger partial charge in [0.1, 0.15) is 5.75 Å². The van der Waals surface area contributed by atoms with Gasteiger partial charge in [-0.25, -0.2) is 0 Å². The van der Waals surface area contributed by atoms with Crippen molar-refractivity contribution in [2.45, 2.75) is 18.4 Å². The predicted molar refractivity (Wildman–Crippen MR) is 77.7 cm³/mol. The molecule has 0 radical (unpaired) electrons. The molecule has 2 aromatic rings. The number of hydrogen-bond acceptors (Lipinski definition) is 2. The summed E-state index contributed by atoms with van der Waals surface area (Å²) in [4.78, 5) is 0. The van der Waals surface area contributed by atoms with E-state index in [0.29, 0.717) is 12.0 Å². The zero-order chi connectivity index (χ0) is 13.2. The molecule has 2 heteroatoms. The van der Waals surface area contributed by atoms with Gasteiger partial charge in [-0.2, -0.15) is 0 Å². The molecule has 0 fully saturated rings. The minimum atomic E-state index is 0.311. The van der Waals surface area contributed by atoms with Gasteiger partial charge in [-0.05, 0) is 30.7 Å². The third kappa shape index (κ3) is 2.02. The van der Waals surface area contributed by atoms with Gasteiger partial charge in [0.25, 0.3) is 0 Å². The fourth-order valence-electron chi connectivity index (χ4n) is 3.09. The molecule has 2 unspecified atom stereocenters. The summed E-state index contributed by atoms with van der Waals surface area (Å²) in [6.45, 7) is 0. The van der Waals surface area contributed by atoms with Crippen LogP contribution >= 0.6 is 0 Å². The SMILES string of the molecule is CNC(c1ccccc1OC)C1Cc2ccccc21. The number of ether oxygens (including phenoxy) is 1. The Morgan fingerprint density at radius 3 is 2.58 bits per heavy atom. The second kappa shape index (κ2) is 5.06. The standard InChI is InChI=1S/C17H19NO/c1-18-17(14-9-5-6-10-16(14)19-2)15-11-12-7-3-4-8-13(12)15/h3-10,15,17-18H,11H2,1-2H3. The summed E-state index contributed by atoms with van der Waals surface area (Å²) in [5.74, 6) is 1.50. The van der Waals surface area contributed by atoms with E-state index in [1.54, 1.807) is 7.11 Å². The lowest BCUT2D eigenvalue weighted by molar-refractivity contribution is 0.382. The molecule has 98 valence electrons. The molecule has 0 saturated carbocycles. The Labute approximate surface area is 114 Å². The second-order valence-electron chi connectivity index (χ2n) is 5.02. The van der Waals surface area contributed by atoms with Crippen molar-refractivity contribution < 1.29 is 4.74 Å². The lowest BCUT2D eigenvalue weighted by atomic mass is 9.71. The Morgan fingerprint density at radius 2 is 1.84 bits per heavy atom. The van der Waals surface area contributed by atoms with Crippen molar-refractivity contribution in [1.82, 2.24) is 5.32 Å². The second-order valence-corrected chi connectivity index (χ2v) is 5.02. The van der Waals surface area contributed by atoms with E-state index in [-0.39, 0.29) is 0 Å². The number of fused-ring (bicyclic) bond motifs is 1. The first-order chi connectivity index (χ1) is 9.35. The Bertz CT molecular complexity index is 579. The average molecular weight is 253 g/mol. The molecule has 0 saturated heterocycles. The number of likely N-dealkylation sites (N-methyl/N-ethyl adjacent to an activating group) is 1. The largest absolute Gasteiger partial charge is 0.496 e. The van der Waals surface area contributed by atoms with Crippen LogP contribution in [0.1, 0.15) is 28.7 Å². The van der Waals surface area contributed by atoms with Crippen molar-refractivity contribution in [3.05, 3.63) is 65.2 Å². The predicted octanol–water partition coefficient (Wildman–Crippen LogP) is 3.30. The van der Waals surface area contributed by atoms with Gasteiger partial charge in [0.2, 0.25) is 0 Å². The van der Waals surface area contributed by atoms with Crippen LogP contribution in [-0.2, 0) is 6.42 Å². The van der Waals surface area contributed by atoms with E-state index in [9.17, 15) is 0 Å². The Hall–Kier alpha value is -1.80.